The SMILES string of the molecule is Nc1nc(=S)[nH]c(N)c1Cc1ccc(F)cc1.[H-].[K+]. The van der Waals surface area contributed by atoms with Gasteiger partial charge in [-0.15, -0.1) is 0 Å². The minimum atomic E-state index is -0.278. The van der Waals surface area contributed by atoms with Crippen LogP contribution in [0.5, 0.6) is 0 Å². The molecule has 7 heteroatoms. The van der Waals surface area contributed by atoms with Gasteiger partial charge >= 0.3 is 51.4 Å². The molecule has 90 valence electrons. The van der Waals surface area contributed by atoms with Gasteiger partial charge in [0.15, 0.2) is 4.77 Å². The molecule has 1 heterocycles. The summed E-state index contributed by atoms with van der Waals surface area (Å²) in [4.78, 5) is 6.67. The number of hydrogen-bond donors (Lipinski definition) is 3. The van der Waals surface area contributed by atoms with Crippen LogP contribution in [0.4, 0.5) is 16.0 Å². The Hall–Kier alpha value is -0.314. The van der Waals surface area contributed by atoms with Crippen LogP contribution in [0.25, 0.3) is 0 Å². The van der Waals surface area contributed by atoms with Crippen molar-refractivity contribution in [2.75, 3.05) is 11.5 Å². The van der Waals surface area contributed by atoms with Gasteiger partial charge in [0.05, 0.1) is 0 Å². The van der Waals surface area contributed by atoms with Crippen LogP contribution in [0.2, 0.25) is 0 Å². The van der Waals surface area contributed by atoms with Crippen molar-refractivity contribution in [2.45, 2.75) is 6.42 Å². The fourth-order valence-corrected chi connectivity index (χ4v) is 1.73. The zero-order valence-corrected chi connectivity index (χ0v) is 13.8. The van der Waals surface area contributed by atoms with Gasteiger partial charge in [0.25, 0.3) is 0 Å². The molecule has 18 heavy (non-hydrogen) atoms. The van der Waals surface area contributed by atoms with Gasteiger partial charge < -0.3 is 17.9 Å². The van der Waals surface area contributed by atoms with Gasteiger partial charge in [0.1, 0.15) is 17.5 Å². The molecular weight excluding hydrogens is 278 g/mol. The molecule has 0 unspecified atom stereocenters. The van der Waals surface area contributed by atoms with Crippen LogP contribution in [0.15, 0.2) is 24.3 Å². The average Bonchev–Trinajstić information content (AvgIpc) is 2.26. The number of benzene rings is 1. The number of rotatable bonds is 2. The molecule has 0 bridgehead atoms. The van der Waals surface area contributed by atoms with E-state index in [0.717, 1.165) is 5.56 Å². The first-order chi connectivity index (χ1) is 8.06. The Morgan fingerprint density at radius 2 is 1.89 bits per heavy atom. The smallest absolute Gasteiger partial charge is 1.00 e. The predicted molar refractivity (Wildman–Crippen MR) is 68.6 cm³/mol. The molecule has 0 radical (unpaired) electrons. The van der Waals surface area contributed by atoms with E-state index >= 15 is 0 Å². The van der Waals surface area contributed by atoms with Crippen LogP contribution in [0.3, 0.4) is 0 Å². The summed E-state index contributed by atoms with van der Waals surface area (Å²) in [6, 6.07) is 6.13. The number of hydrogen-bond acceptors (Lipinski definition) is 4. The molecule has 0 spiro atoms. The largest absolute Gasteiger partial charge is 1.00 e. The van der Waals surface area contributed by atoms with Gasteiger partial charge in [-0.3, -0.25) is 0 Å². The molecule has 0 saturated heterocycles. The van der Waals surface area contributed by atoms with Crippen LogP contribution < -0.4 is 62.9 Å². The van der Waals surface area contributed by atoms with E-state index in [2.05, 4.69) is 9.97 Å². The normalized spacial score (nSPS) is 9.83. The molecule has 2 rings (SSSR count). The van der Waals surface area contributed by atoms with Crippen molar-refractivity contribution < 1.29 is 57.2 Å². The molecule has 5 N–H and O–H groups in total. The minimum absolute atomic E-state index is 0. The van der Waals surface area contributed by atoms with E-state index in [1.165, 1.54) is 12.1 Å². The van der Waals surface area contributed by atoms with Crippen molar-refractivity contribution in [3.63, 3.8) is 0 Å². The van der Waals surface area contributed by atoms with Crippen LogP contribution in [-0.4, -0.2) is 9.97 Å². The van der Waals surface area contributed by atoms with Crippen LogP contribution in [-0.2, 0) is 6.42 Å². The van der Waals surface area contributed by atoms with E-state index < -0.39 is 0 Å². The third kappa shape index (κ3) is 3.84. The Morgan fingerprint density at radius 3 is 2.44 bits per heavy atom. The molecule has 0 aliphatic carbocycles. The number of nitrogens with one attached hydrogen (secondary N) is 1. The topological polar surface area (TPSA) is 80.7 Å². The van der Waals surface area contributed by atoms with Crippen LogP contribution in [0.1, 0.15) is 12.6 Å². The first-order valence-electron chi connectivity index (χ1n) is 4.95. The molecule has 0 aliphatic heterocycles. The van der Waals surface area contributed by atoms with Gasteiger partial charge in [0.2, 0.25) is 0 Å². The Labute approximate surface area is 153 Å². The van der Waals surface area contributed by atoms with Crippen molar-refractivity contribution in [1.82, 2.24) is 9.97 Å². The van der Waals surface area contributed by atoms with Gasteiger partial charge in [-0.05, 0) is 29.9 Å². The summed E-state index contributed by atoms with van der Waals surface area (Å²) in [5.41, 5.74) is 13.1. The Balaban J connectivity index is 0.00000162. The standard InChI is InChI=1S/C11H11FN4S.K.H/c12-7-3-1-6(2-4-7)5-8-9(13)15-11(17)16-10(8)14;;/h1-4H,5H2,(H5,13,14,15,16,17);;/q;+1;-1. The van der Waals surface area contributed by atoms with E-state index in [-0.39, 0.29) is 63.4 Å². The molecule has 1 aromatic heterocycles. The number of nitrogen functional groups attached to an aromatic ring is 2. The van der Waals surface area contributed by atoms with E-state index in [9.17, 15) is 4.39 Å². The van der Waals surface area contributed by atoms with Gasteiger partial charge in [-0.25, -0.2) is 9.37 Å². The van der Waals surface area contributed by atoms with Crippen molar-refractivity contribution >= 4 is 23.9 Å². The number of nitrogens with two attached hydrogens (primary N) is 2. The second-order valence-electron chi connectivity index (χ2n) is 3.62. The molecule has 0 aliphatic rings. The monoisotopic (exact) mass is 290 g/mol. The maximum Gasteiger partial charge on any atom is 1.00 e. The zero-order valence-electron chi connectivity index (χ0n) is 10.9. The van der Waals surface area contributed by atoms with E-state index in [0.29, 0.717) is 23.6 Å². The molecule has 0 saturated carbocycles. The first-order valence-corrected chi connectivity index (χ1v) is 5.35. The molecule has 1 aromatic carbocycles. The number of aromatic amines is 1. The average molecular weight is 290 g/mol. The maximum absolute atomic E-state index is 12.8. The van der Waals surface area contributed by atoms with Gasteiger partial charge in [0, 0.05) is 12.0 Å². The van der Waals surface area contributed by atoms with Crippen molar-refractivity contribution in [3.05, 3.63) is 46.0 Å². The maximum atomic E-state index is 12.8. The summed E-state index contributed by atoms with van der Waals surface area (Å²) < 4.78 is 13.0. The number of nitrogens with zero attached hydrogens (tertiary/aromatic N) is 1. The summed E-state index contributed by atoms with van der Waals surface area (Å²) in [6.07, 6.45) is 0.483. The van der Waals surface area contributed by atoms with Crippen molar-refractivity contribution in [3.8, 4) is 0 Å². The molecular formula is C11H12FKN4S. The second kappa shape index (κ2) is 6.74. The Bertz CT molecular complexity index is 576. The summed E-state index contributed by atoms with van der Waals surface area (Å²) in [5.74, 6) is 0.419. The summed E-state index contributed by atoms with van der Waals surface area (Å²) >= 11 is 4.85. The third-order valence-electron chi connectivity index (χ3n) is 2.39. The van der Waals surface area contributed by atoms with Crippen LogP contribution >= 0.6 is 12.2 Å². The number of aromatic nitrogens is 2. The van der Waals surface area contributed by atoms with E-state index in [1.54, 1.807) is 12.1 Å². The first kappa shape index (κ1) is 15.7. The summed E-state index contributed by atoms with van der Waals surface area (Å²) in [6.45, 7) is 0. The van der Waals surface area contributed by atoms with Crippen LogP contribution in [0, 0.1) is 10.6 Å². The minimum Gasteiger partial charge on any atom is -1.00 e. The molecule has 0 fully saturated rings. The summed E-state index contributed by atoms with van der Waals surface area (Å²) in [7, 11) is 0. The number of halogens is 1. The molecule has 2 aromatic rings. The Kier molecular flexibility index (Phi) is 5.89. The zero-order chi connectivity index (χ0) is 12.4. The number of H-pyrrole nitrogens is 1. The molecule has 4 nitrogen and oxygen atoms in total. The van der Waals surface area contributed by atoms with Gasteiger partial charge in [-0.2, -0.15) is 0 Å². The van der Waals surface area contributed by atoms with Crippen molar-refractivity contribution in [2.24, 2.45) is 0 Å². The Morgan fingerprint density at radius 1 is 1.28 bits per heavy atom. The quantitative estimate of drug-likeness (QED) is 0.497. The fraction of sp³-hybridized carbons (Fsp3) is 0.0909. The third-order valence-corrected chi connectivity index (χ3v) is 2.59. The summed E-state index contributed by atoms with van der Waals surface area (Å²) in [5, 5.41) is 0. The molecule has 0 atom stereocenters. The number of anilines is 2. The second-order valence-corrected chi connectivity index (χ2v) is 4.01. The predicted octanol–water partition coefficient (Wildman–Crippen LogP) is -0.850. The van der Waals surface area contributed by atoms with Crippen molar-refractivity contribution in [1.29, 1.82) is 0 Å². The van der Waals surface area contributed by atoms with Gasteiger partial charge in [-0.1, -0.05) is 12.1 Å². The molecule has 0 amide bonds. The van der Waals surface area contributed by atoms with E-state index in [1.807, 2.05) is 0 Å². The van der Waals surface area contributed by atoms with E-state index in [4.69, 9.17) is 23.7 Å². The fourth-order valence-electron chi connectivity index (χ4n) is 1.53.